The number of nitrogens with zero attached hydrogens (tertiary/aromatic N) is 2. The molecule has 0 aliphatic rings. The molecular weight excluding hydrogens is 238 g/mol. The molecule has 0 aromatic heterocycles. The Hall–Kier alpha value is -1.57. The Balaban J connectivity index is 2.62. The number of rotatable bonds is 6. The summed E-state index contributed by atoms with van der Waals surface area (Å²) in [5.74, 6) is 0.625. The van der Waals surface area contributed by atoms with Crippen molar-refractivity contribution >= 4 is 0 Å². The summed E-state index contributed by atoms with van der Waals surface area (Å²) in [5.41, 5.74) is 1.77. The Morgan fingerprint density at radius 1 is 1.37 bits per heavy atom. The van der Waals surface area contributed by atoms with E-state index in [1.165, 1.54) is 0 Å². The predicted molar refractivity (Wildman–Crippen MR) is 77.2 cm³/mol. The van der Waals surface area contributed by atoms with Crippen molar-refractivity contribution in [3.8, 4) is 11.8 Å². The lowest BCUT2D eigenvalue weighted by Crippen LogP contribution is -2.46. The van der Waals surface area contributed by atoms with Gasteiger partial charge in [-0.15, -0.1) is 0 Å². The fraction of sp³-hybridized carbons (Fsp3) is 0.533. The SMILES string of the molecule is COc1ccc(CNCC(C)(C)N(C)C)cc1C#N. The molecule has 0 aliphatic heterocycles. The fourth-order valence-electron chi connectivity index (χ4n) is 1.62. The monoisotopic (exact) mass is 261 g/mol. The van der Waals surface area contributed by atoms with E-state index >= 15 is 0 Å². The predicted octanol–water partition coefficient (Wildman–Crippen LogP) is 2.00. The van der Waals surface area contributed by atoms with Crippen LogP contribution in [-0.4, -0.2) is 38.2 Å². The summed E-state index contributed by atoms with van der Waals surface area (Å²) < 4.78 is 5.13. The van der Waals surface area contributed by atoms with Crippen molar-refractivity contribution in [2.45, 2.75) is 25.9 Å². The normalized spacial score (nSPS) is 11.4. The quantitative estimate of drug-likeness (QED) is 0.851. The molecule has 0 saturated carbocycles. The first-order valence-electron chi connectivity index (χ1n) is 6.36. The van der Waals surface area contributed by atoms with E-state index in [1.807, 2.05) is 18.2 Å². The highest BCUT2D eigenvalue weighted by molar-refractivity contribution is 5.45. The molecule has 1 aromatic rings. The first-order chi connectivity index (χ1) is 8.90. The summed E-state index contributed by atoms with van der Waals surface area (Å²) in [4.78, 5) is 2.19. The molecule has 0 fully saturated rings. The lowest BCUT2D eigenvalue weighted by Gasteiger charge is -2.32. The van der Waals surface area contributed by atoms with Crippen molar-refractivity contribution in [2.75, 3.05) is 27.7 Å². The van der Waals surface area contributed by atoms with Crippen molar-refractivity contribution in [2.24, 2.45) is 0 Å². The molecule has 0 atom stereocenters. The number of nitrogens with one attached hydrogen (secondary N) is 1. The molecule has 0 bridgehead atoms. The maximum absolute atomic E-state index is 9.04. The number of ether oxygens (including phenoxy) is 1. The highest BCUT2D eigenvalue weighted by atomic mass is 16.5. The molecule has 1 aromatic carbocycles. The maximum Gasteiger partial charge on any atom is 0.136 e. The number of likely N-dealkylation sites (N-methyl/N-ethyl adjacent to an activating group) is 1. The molecule has 0 radical (unpaired) electrons. The molecule has 0 unspecified atom stereocenters. The van der Waals surface area contributed by atoms with E-state index in [1.54, 1.807) is 7.11 Å². The molecule has 104 valence electrons. The van der Waals surface area contributed by atoms with Crippen LogP contribution in [0.5, 0.6) is 5.75 Å². The summed E-state index contributed by atoms with van der Waals surface area (Å²) in [5, 5.41) is 12.5. The molecule has 4 nitrogen and oxygen atoms in total. The van der Waals surface area contributed by atoms with Gasteiger partial charge in [0.05, 0.1) is 12.7 Å². The highest BCUT2D eigenvalue weighted by Gasteiger charge is 2.19. The second-order valence-electron chi connectivity index (χ2n) is 5.46. The molecule has 0 saturated heterocycles. The number of hydrogen-bond donors (Lipinski definition) is 1. The summed E-state index contributed by atoms with van der Waals surface area (Å²) in [7, 11) is 5.72. The van der Waals surface area contributed by atoms with Crippen molar-refractivity contribution in [1.29, 1.82) is 5.26 Å². The number of methoxy groups -OCH3 is 1. The third-order valence-corrected chi connectivity index (χ3v) is 3.48. The molecule has 0 amide bonds. The van der Waals surface area contributed by atoms with Gasteiger partial charge < -0.3 is 15.0 Å². The van der Waals surface area contributed by atoms with Crippen LogP contribution in [0.3, 0.4) is 0 Å². The molecule has 1 rings (SSSR count). The van der Waals surface area contributed by atoms with Crippen LogP contribution < -0.4 is 10.1 Å². The highest BCUT2D eigenvalue weighted by Crippen LogP contribution is 2.18. The largest absolute Gasteiger partial charge is 0.495 e. The zero-order chi connectivity index (χ0) is 14.5. The van der Waals surface area contributed by atoms with Gasteiger partial charge in [0, 0.05) is 18.6 Å². The molecule has 19 heavy (non-hydrogen) atoms. The van der Waals surface area contributed by atoms with Crippen LogP contribution in [0.1, 0.15) is 25.0 Å². The number of benzene rings is 1. The Labute approximate surface area is 116 Å². The van der Waals surface area contributed by atoms with Crippen molar-refractivity contribution in [1.82, 2.24) is 10.2 Å². The fourth-order valence-corrected chi connectivity index (χ4v) is 1.62. The van der Waals surface area contributed by atoms with Crippen molar-refractivity contribution < 1.29 is 4.74 Å². The number of hydrogen-bond acceptors (Lipinski definition) is 4. The van der Waals surface area contributed by atoms with E-state index in [-0.39, 0.29) is 5.54 Å². The minimum atomic E-state index is 0.102. The van der Waals surface area contributed by atoms with Gasteiger partial charge in [-0.3, -0.25) is 0 Å². The van der Waals surface area contributed by atoms with E-state index < -0.39 is 0 Å². The first kappa shape index (κ1) is 15.5. The van der Waals surface area contributed by atoms with Crippen LogP contribution in [0, 0.1) is 11.3 Å². The smallest absolute Gasteiger partial charge is 0.136 e. The lowest BCUT2D eigenvalue weighted by molar-refractivity contribution is 0.190. The van der Waals surface area contributed by atoms with Gasteiger partial charge >= 0.3 is 0 Å². The summed E-state index contributed by atoms with van der Waals surface area (Å²) in [6.45, 7) is 6.01. The van der Waals surface area contributed by atoms with E-state index in [0.717, 1.165) is 18.7 Å². The van der Waals surface area contributed by atoms with Crippen molar-refractivity contribution in [3.63, 3.8) is 0 Å². The standard InChI is InChI=1S/C15H23N3O/c1-15(2,18(3)4)11-17-10-12-6-7-14(19-5)13(8-12)9-16/h6-8,17H,10-11H2,1-5H3. The zero-order valence-electron chi connectivity index (χ0n) is 12.4. The Kier molecular flexibility index (Phi) is 5.34. The molecule has 4 heteroatoms. The third kappa shape index (κ3) is 4.23. The number of nitriles is 1. The summed E-state index contributed by atoms with van der Waals surface area (Å²) in [6, 6.07) is 7.84. The average Bonchev–Trinajstić information content (AvgIpc) is 2.38. The Bertz CT molecular complexity index is 461. The van der Waals surface area contributed by atoms with Crippen LogP contribution in [-0.2, 0) is 6.54 Å². The van der Waals surface area contributed by atoms with Crippen LogP contribution >= 0.6 is 0 Å². The third-order valence-electron chi connectivity index (χ3n) is 3.48. The van der Waals surface area contributed by atoms with E-state index in [0.29, 0.717) is 11.3 Å². The van der Waals surface area contributed by atoms with E-state index in [2.05, 4.69) is 44.2 Å². The van der Waals surface area contributed by atoms with E-state index in [4.69, 9.17) is 10.00 Å². The van der Waals surface area contributed by atoms with Crippen LogP contribution in [0.2, 0.25) is 0 Å². The van der Waals surface area contributed by atoms with Gasteiger partial charge in [0.1, 0.15) is 11.8 Å². The second kappa shape index (κ2) is 6.55. The summed E-state index contributed by atoms with van der Waals surface area (Å²) in [6.07, 6.45) is 0. The van der Waals surface area contributed by atoms with Gasteiger partial charge in [0.2, 0.25) is 0 Å². The van der Waals surface area contributed by atoms with Gasteiger partial charge in [-0.25, -0.2) is 0 Å². The van der Waals surface area contributed by atoms with Gasteiger partial charge in [-0.05, 0) is 45.6 Å². The Morgan fingerprint density at radius 2 is 2.05 bits per heavy atom. The topological polar surface area (TPSA) is 48.3 Å². The molecule has 0 spiro atoms. The van der Waals surface area contributed by atoms with Gasteiger partial charge in [0.15, 0.2) is 0 Å². The molecule has 0 heterocycles. The molecule has 1 N–H and O–H groups in total. The average molecular weight is 261 g/mol. The second-order valence-corrected chi connectivity index (χ2v) is 5.46. The zero-order valence-corrected chi connectivity index (χ0v) is 12.4. The first-order valence-corrected chi connectivity index (χ1v) is 6.36. The van der Waals surface area contributed by atoms with Crippen LogP contribution in [0.15, 0.2) is 18.2 Å². The summed E-state index contributed by atoms with van der Waals surface area (Å²) >= 11 is 0. The minimum absolute atomic E-state index is 0.102. The van der Waals surface area contributed by atoms with Gasteiger partial charge in [0.25, 0.3) is 0 Å². The van der Waals surface area contributed by atoms with Crippen molar-refractivity contribution in [3.05, 3.63) is 29.3 Å². The van der Waals surface area contributed by atoms with Gasteiger partial charge in [-0.2, -0.15) is 5.26 Å². The maximum atomic E-state index is 9.04. The van der Waals surface area contributed by atoms with Gasteiger partial charge in [-0.1, -0.05) is 6.07 Å². The van der Waals surface area contributed by atoms with E-state index in [9.17, 15) is 0 Å². The van der Waals surface area contributed by atoms with Crippen LogP contribution in [0.4, 0.5) is 0 Å². The Morgan fingerprint density at radius 3 is 2.58 bits per heavy atom. The molecular formula is C15H23N3O. The minimum Gasteiger partial charge on any atom is -0.495 e. The lowest BCUT2D eigenvalue weighted by atomic mass is 10.0. The van der Waals surface area contributed by atoms with Crippen LogP contribution in [0.25, 0.3) is 0 Å². The molecule has 0 aliphatic carbocycles.